The number of carbonyl (C=O) groups excluding carboxylic acids is 1. The Morgan fingerprint density at radius 2 is 2.05 bits per heavy atom. The zero-order valence-electron chi connectivity index (χ0n) is 22.6. The van der Waals surface area contributed by atoms with Crippen molar-refractivity contribution in [2.24, 2.45) is 11.7 Å². The Hall–Kier alpha value is -4.18. The van der Waals surface area contributed by atoms with Gasteiger partial charge in [0.15, 0.2) is 0 Å². The van der Waals surface area contributed by atoms with E-state index in [2.05, 4.69) is 10.4 Å². The predicted octanol–water partition coefficient (Wildman–Crippen LogP) is 4.14. The van der Waals surface area contributed by atoms with Crippen LogP contribution >= 0.6 is 0 Å². The molecular weight excluding hydrogens is 513 g/mol. The molecule has 1 aliphatic heterocycles. The van der Waals surface area contributed by atoms with Crippen LogP contribution in [-0.4, -0.2) is 64.5 Å². The van der Waals surface area contributed by atoms with E-state index in [9.17, 15) is 14.7 Å². The van der Waals surface area contributed by atoms with Gasteiger partial charge in [-0.3, -0.25) is 4.79 Å². The van der Waals surface area contributed by atoms with Gasteiger partial charge in [0.05, 0.1) is 35.8 Å². The molecule has 2 fully saturated rings. The molecule has 1 saturated carbocycles. The Kier molecular flexibility index (Phi) is 7.88. The first-order valence-electron chi connectivity index (χ1n) is 13.6. The van der Waals surface area contributed by atoms with E-state index in [1.54, 1.807) is 59.2 Å². The number of halogens is 1. The minimum atomic E-state index is -1.07. The Bertz CT molecular complexity index is 1450. The number of aromatic carboxylic acids is 1. The standard InChI is InChI=1S/C30H34FN5O4/c1-3-40-17-20-9-6-12-35(20)29(37)22-11-5-10-21(27(22)31)18-7-4-8-19(13-18)36-28(25(15-34-36)30(38)39)24-14-23(24)26(32)16-33-2/h4-5,7-8,10-11,13,15-16,20,23-24,33H,3,6,9,12,14,17,32H2,1-2H3,(H,38,39)/b26-16-/t20?,23?,24-/m1/s1. The summed E-state index contributed by atoms with van der Waals surface area (Å²) < 4.78 is 23.1. The first-order chi connectivity index (χ1) is 19.3. The molecule has 9 nitrogen and oxygen atoms in total. The summed E-state index contributed by atoms with van der Waals surface area (Å²) in [6.07, 6.45) is 5.44. The van der Waals surface area contributed by atoms with Gasteiger partial charge in [-0.2, -0.15) is 5.10 Å². The SMILES string of the molecule is CCOCC1CCCN1C(=O)c1cccc(-c2cccc(-n3ncc(C(=O)O)c3[C@@H]3CC3/C(N)=C/NC)c2)c1F. The van der Waals surface area contributed by atoms with Gasteiger partial charge in [0, 0.05) is 49.5 Å². The summed E-state index contributed by atoms with van der Waals surface area (Å²) in [5.41, 5.74) is 8.94. The molecule has 40 heavy (non-hydrogen) atoms. The third-order valence-corrected chi connectivity index (χ3v) is 7.70. The van der Waals surface area contributed by atoms with Gasteiger partial charge in [0.2, 0.25) is 0 Å². The number of hydrogen-bond acceptors (Lipinski definition) is 6. The van der Waals surface area contributed by atoms with E-state index >= 15 is 4.39 Å². The number of amides is 1. The minimum absolute atomic E-state index is 0.00135. The Labute approximate surface area is 232 Å². The second-order valence-corrected chi connectivity index (χ2v) is 10.2. The highest BCUT2D eigenvalue weighted by Crippen LogP contribution is 2.51. The van der Waals surface area contributed by atoms with E-state index in [0.717, 1.165) is 12.8 Å². The zero-order valence-corrected chi connectivity index (χ0v) is 22.6. The molecule has 210 valence electrons. The van der Waals surface area contributed by atoms with E-state index in [0.29, 0.717) is 48.8 Å². The fourth-order valence-corrected chi connectivity index (χ4v) is 5.63. The van der Waals surface area contributed by atoms with Gasteiger partial charge in [-0.25, -0.2) is 13.9 Å². The molecule has 2 aromatic carbocycles. The second kappa shape index (κ2) is 11.5. The molecule has 1 aliphatic carbocycles. The average molecular weight is 548 g/mol. The number of allylic oxidation sites excluding steroid dienone is 1. The van der Waals surface area contributed by atoms with Crippen molar-refractivity contribution in [3.63, 3.8) is 0 Å². The number of carbonyl (C=O) groups is 2. The van der Waals surface area contributed by atoms with Crippen molar-refractivity contribution in [3.05, 3.63) is 83.2 Å². The third kappa shape index (κ3) is 5.19. The third-order valence-electron chi connectivity index (χ3n) is 7.70. The molecule has 1 amide bonds. The summed E-state index contributed by atoms with van der Waals surface area (Å²) in [5.74, 6) is -2.11. The van der Waals surface area contributed by atoms with Crippen LogP contribution in [0.4, 0.5) is 4.39 Å². The van der Waals surface area contributed by atoms with Gasteiger partial charge in [0.25, 0.3) is 5.91 Å². The number of benzene rings is 2. The molecule has 1 saturated heterocycles. The van der Waals surface area contributed by atoms with Gasteiger partial charge in [-0.1, -0.05) is 24.3 Å². The van der Waals surface area contributed by atoms with Crippen LogP contribution in [0.1, 0.15) is 58.5 Å². The van der Waals surface area contributed by atoms with Gasteiger partial charge < -0.3 is 25.8 Å². The number of hydrogen-bond donors (Lipinski definition) is 3. The van der Waals surface area contributed by atoms with Crippen LogP contribution in [0.2, 0.25) is 0 Å². The van der Waals surface area contributed by atoms with Gasteiger partial charge >= 0.3 is 5.97 Å². The highest BCUT2D eigenvalue weighted by molar-refractivity contribution is 5.96. The molecule has 5 rings (SSSR count). The average Bonchev–Trinajstić information content (AvgIpc) is 3.38. The van der Waals surface area contributed by atoms with Gasteiger partial charge in [-0.15, -0.1) is 0 Å². The summed E-state index contributed by atoms with van der Waals surface area (Å²) in [6.45, 7) is 3.48. The maximum atomic E-state index is 15.9. The largest absolute Gasteiger partial charge is 0.478 e. The summed E-state index contributed by atoms with van der Waals surface area (Å²) >= 11 is 0. The summed E-state index contributed by atoms with van der Waals surface area (Å²) in [4.78, 5) is 27.1. The number of likely N-dealkylation sites (tertiary alicyclic amines) is 1. The highest BCUT2D eigenvalue weighted by atomic mass is 19.1. The molecule has 0 bridgehead atoms. The molecular formula is C30H34FN5O4. The smallest absolute Gasteiger partial charge is 0.339 e. The van der Waals surface area contributed by atoms with Crippen LogP contribution in [0.25, 0.3) is 16.8 Å². The molecule has 2 heterocycles. The van der Waals surface area contributed by atoms with E-state index in [1.807, 2.05) is 6.92 Å². The molecule has 0 spiro atoms. The molecule has 2 aliphatic rings. The lowest BCUT2D eigenvalue weighted by Crippen LogP contribution is -2.38. The van der Waals surface area contributed by atoms with Crippen LogP contribution in [0.5, 0.6) is 0 Å². The number of nitrogens with two attached hydrogens (primary N) is 1. The number of rotatable bonds is 10. The lowest BCUT2D eigenvalue weighted by atomic mass is 10.0. The lowest BCUT2D eigenvalue weighted by molar-refractivity contribution is 0.0560. The Balaban J connectivity index is 1.48. The lowest BCUT2D eigenvalue weighted by Gasteiger charge is -2.25. The van der Waals surface area contributed by atoms with E-state index in [-0.39, 0.29) is 40.5 Å². The summed E-state index contributed by atoms with van der Waals surface area (Å²) in [6, 6.07) is 11.9. The van der Waals surface area contributed by atoms with Crippen molar-refractivity contribution in [2.75, 3.05) is 26.8 Å². The fourth-order valence-electron chi connectivity index (χ4n) is 5.63. The van der Waals surface area contributed by atoms with Crippen LogP contribution in [-0.2, 0) is 4.74 Å². The molecule has 1 aromatic heterocycles. The van der Waals surface area contributed by atoms with Crippen LogP contribution in [0.15, 0.2) is 60.6 Å². The van der Waals surface area contributed by atoms with Gasteiger partial charge in [0.1, 0.15) is 11.4 Å². The number of nitrogens with one attached hydrogen (secondary N) is 1. The second-order valence-electron chi connectivity index (χ2n) is 10.2. The maximum Gasteiger partial charge on any atom is 0.339 e. The predicted molar refractivity (Wildman–Crippen MR) is 149 cm³/mol. The number of aromatic nitrogens is 2. The monoisotopic (exact) mass is 547 g/mol. The van der Waals surface area contributed by atoms with Crippen molar-refractivity contribution in [2.45, 2.75) is 38.1 Å². The van der Waals surface area contributed by atoms with Crippen molar-refractivity contribution in [1.29, 1.82) is 0 Å². The topological polar surface area (TPSA) is 123 Å². The van der Waals surface area contributed by atoms with Crippen LogP contribution in [0, 0.1) is 11.7 Å². The zero-order chi connectivity index (χ0) is 28.4. The number of carboxylic acids is 1. The first kappa shape index (κ1) is 27.4. The molecule has 3 aromatic rings. The highest BCUT2D eigenvalue weighted by Gasteiger charge is 2.45. The Morgan fingerprint density at radius 3 is 2.80 bits per heavy atom. The molecule has 0 radical (unpaired) electrons. The van der Waals surface area contributed by atoms with Crippen molar-refractivity contribution >= 4 is 11.9 Å². The normalized spacial score (nSPS) is 20.5. The fraction of sp³-hybridized carbons (Fsp3) is 0.367. The van der Waals surface area contributed by atoms with E-state index < -0.39 is 11.8 Å². The maximum absolute atomic E-state index is 15.9. The summed E-state index contributed by atoms with van der Waals surface area (Å²) in [7, 11) is 1.76. The number of nitrogens with zero attached hydrogens (tertiary/aromatic N) is 3. The Morgan fingerprint density at radius 1 is 1.25 bits per heavy atom. The van der Waals surface area contributed by atoms with Crippen LogP contribution in [0.3, 0.4) is 0 Å². The quantitative estimate of drug-likeness (QED) is 0.349. The van der Waals surface area contributed by atoms with E-state index in [1.165, 1.54) is 12.3 Å². The van der Waals surface area contributed by atoms with E-state index in [4.69, 9.17) is 10.5 Å². The molecule has 3 atom stereocenters. The molecule has 4 N–H and O–H groups in total. The van der Waals surface area contributed by atoms with Crippen molar-refractivity contribution in [3.8, 4) is 16.8 Å². The van der Waals surface area contributed by atoms with Gasteiger partial charge in [-0.05, 0) is 49.9 Å². The summed E-state index contributed by atoms with van der Waals surface area (Å²) in [5, 5.41) is 17.1. The van der Waals surface area contributed by atoms with Crippen molar-refractivity contribution < 1.29 is 23.8 Å². The molecule has 2 unspecified atom stereocenters. The minimum Gasteiger partial charge on any atom is -0.478 e. The van der Waals surface area contributed by atoms with Crippen molar-refractivity contribution in [1.82, 2.24) is 20.0 Å². The number of ether oxygens (including phenoxy) is 1. The first-order valence-corrected chi connectivity index (χ1v) is 13.6. The number of carboxylic acid groups (broad SMARTS) is 1. The van der Waals surface area contributed by atoms with Crippen LogP contribution < -0.4 is 11.1 Å². The molecule has 10 heteroatoms.